The van der Waals surface area contributed by atoms with Gasteiger partial charge in [-0.3, -0.25) is 14.9 Å². The van der Waals surface area contributed by atoms with Crippen LogP contribution in [-0.4, -0.2) is 37.2 Å². The molecule has 8 nitrogen and oxygen atoms in total. The second-order valence-electron chi connectivity index (χ2n) is 5.60. The van der Waals surface area contributed by atoms with Gasteiger partial charge in [-0.15, -0.1) is 0 Å². The Morgan fingerprint density at radius 1 is 1.04 bits per heavy atom. The van der Waals surface area contributed by atoms with E-state index in [1.54, 1.807) is 19.1 Å². The van der Waals surface area contributed by atoms with Crippen molar-refractivity contribution in [1.29, 1.82) is 0 Å². The van der Waals surface area contributed by atoms with E-state index in [0.717, 1.165) is 5.75 Å². The Labute approximate surface area is 157 Å². The summed E-state index contributed by atoms with van der Waals surface area (Å²) >= 11 is 0. The molecule has 8 heteroatoms. The Balaban J connectivity index is 1.67. The van der Waals surface area contributed by atoms with E-state index in [4.69, 9.17) is 14.2 Å². The van der Waals surface area contributed by atoms with Crippen LogP contribution in [0.3, 0.4) is 0 Å². The van der Waals surface area contributed by atoms with E-state index in [0.29, 0.717) is 36.8 Å². The van der Waals surface area contributed by atoms with Gasteiger partial charge in [0.25, 0.3) is 11.6 Å². The van der Waals surface area contributed by atoms with E-state index < -0.39 is 4.92 Å². The highest BCUT2D eigenvalue weighted by molar-refractivity contribution is 5.77. The van der Waals surface area contributed by atoms with Gasteiger partial charge in [0, 0.05) is 11.6 Å². The van der Waals surface area contributed by atoms with Crippen molar-refractivity contribution in [1.82, 2.24) is 5.32 Å². The number of nitrogens with one attached hydrogen (secondary N) is 1. The minimum atomic E-state index is -0.462. The predicted octanol–water partition coefficient (Wildman–Crippen LogP) is 2.88. The van der Waals surface area contributed by atoms with Crippen LogP contribution < -0.4 is 19.5 Å². The number of carbonyl (C=O) groups is 1. The molecule has 0 fully saturated rings. The number of nitro benzene ring substituents is 1. The van der Waals surface area contributed by atoms with E-state index in [1.807, 2.05) is 19.1 Å². The van der Waals surface area contributed by atoms with E-state index in [1.165, 1.54) is 18.2 Å². The monoisotopic (exact) mass is 374 g/mol. The first-order valence-corrected chi connectivity index (χ1v) is 8.49. The van der Waals surface area contributed by atoms with Crippen LogP contribution in [0, 0.1) is 17.0 Å². The zero-order chi connectivity index (χ0) is 19.6. The predicted molar refractivity (Wildman–Crippen MR) is 99.4 cm³/mol. The molecule has 1 N–H and O–H groups in total. The Hall–Kier alpha value is -3.29. The van der Waals surface area contributed by atoms with Crippen molar-refractivity contribution in [2.75, 3.05) is 26.4 Å². The largest absolute Gasteiger partial charge is 0.494 e. The number of amides is 1. The number of rotatable bonds is 10. The topological polar surface area (TPSA) is 99.9 Å². The molecule has 0 aromatic heterocycles. The molecule has 0 spiro atoms. The quantitative estimate of drug-likeness (QED) is 0.390. The zero-order valence-corrected chi connectivity index (χ0v) is 15.3. The van der Waals surface area contributed by atoms with Gasteiger partial charge in [-0.2, -0.15) is 0 Å². The maximum absolute atomic E-state index is 11.8. The van der Waals surface area contributed by atoms with Gasteiger partial charge in [0.15, 0.2) is 6.61 Å². The lowest BCUT2D eigenvalue weighted by Gasteiger charge is -2.10. The molecule has 2 aromatic rings. The van der Waals surface area contributed by atoms with Crippen LogP contribution in [0.15, 0.2) is 42.5 Å². The smallest absolute Gasteiger partial charge is 0.272 e. The number of carbonyl (C=O) groups excluding carboxylic acids is 1. The van der Waals surface area contributed by atoms with E-state index in [9.17, 15) is 14.9 Å². The summed E-state index contributed by atoms with van der Waals surface area (Å²) in [5.41, 5.74) is 0.486. The highest BCUT2D eigenvalue weighted by Gasteiger charge is 2.11. The SMILES string of the molecule is CCOc1ccc(OCCNC(=O)COc2ccc([N+](=O)[O-])c(C)c2)cc1. The Bertz CT molecular complexity index is 776. The van der Waals surface area contributed by atoms with Crippen LogP contribution in [0.25, 0.3) is 0 Å². The van der Waals surface area contributed by atoms with Crippen molar-refractivity contribution < 1.29 is 23.9 Å². The lowest BCUT2D eigenvalue weighted by atomic mass is 10.2. The van der Waals surface area contributed by atoms with Crippen LogP contribution in [0.1, 0.15) is 12.5 Å². The van der Waals surface area contributed by atoms with Gasteiger partial charge >= 0.3 is 0 Å². The number of hydrogen-bond acceptors (Lipinski definition) is 6. The molecule has 0 unspecified atom stereocenters. The number of benzene rings is 2. The summed E-state index contributed by atoms with van der Waals surface area (Å²) in [5, 5.41) is 13.5. The van der Waals surface area contributed by atoms with Gasteiger partial charge in [0.1, 0.15) is 23.9 Å². The minimum absolute atomic E-state index is 0.0123. The Morgan fingerprint density at radius 2 is 1.67 bits per heavy atom. The molecular formula is C19H22N2O6. The molecule has 0 aliphatic rings. The van der Waals surface area contributed by atoms with E-state index in [2.05, 4.69) is 5.32 Å². The fourth-order valence-electron chi connectivity index (χ4n) is 2.28. The first-order valence-electron chi connectivity index (χ1n) is 8.49. The summed E-state index contributed by atoms with van der Waals surface area (Å²) in [6, 6.07) is 11.6. The third-order valence-corrected chi connectivity index (χ3v) is 3.56. The van der Waals surface area contributed by atoms with Gasteiger partial charge in [0.05, 0.1) is 18.1 Å². The molecule has 0 saturated heterocycles. The van der Waals surface area contributed by atoms with Crippen molar-refractivity contribution >= 4 is 11.6 Å². The van der Waals surface area contributed by atoms with Crippen molar-refractivity contribution in [3.63, 3.8) is 0 Å². The molecule has 1 amide bonds. The van der Waals surface area contributed by atoms with Crippen LogP contribution in [0.4, 0.5) is 5.69 Å². The summed E-state index contributed by atoms with van der Waals surface area (Å²) in [6.07, 6.45) is 0. The first-order chi connectivity index (χ1) is 13.0. The third-order valence-electron chi connectivity index (χ3n) is 3.56. The number of aryl methyl sites for hydroxylation is 1. The van der Waals surface area contributed by atoms with Gasteiger partial charge < -0.3 is 19.5 Å². The Kier molecular flexibility index (Phi) is 7.42. The average Bonchev–Trinajstić information content (AvgIpc) is 2.65. The van der Waals surface area contributed by atoms with E-state index in [-0.39, 0.29) is 18.2 Å². The highest BCUT2D eigenvalue weighted by atomic mass is 16.6. The molecular weight excluding hydrogens is 352 g/mol. The molecule has 0 atom stereocenters. The maximum Gasteiger partial charge on any atom is 0.272 e. The van der Waals surface area contributed by atoms with Gasteiger partial charge in [0.2, 0.25) is 0 Å². The molecule has 144 valence electrons. The molecule has 0 bridgehead atoms. The summed E-state index contributed by atoms with van der Waals surface area (Å²) in [6.45, 7) is 4.60. The second-order valence-corrected chi connectivity index (χ2v) is 5.60. The first kappa shape index (κ1) is 20.0. The number of hydrogen-bond donors (Lipinski definition) is 1. The molecule has 2 rings (SSSR count). The molecule has 0 heterocycles. The van der Waals surface area contributed by atoms with Gasteiger partial charge in [-0.05, 0) is 50.2 Å². The summed E-state index contributed by atoms with van der Waals surface area (Å²) < 4.78 is 16.2. The normalized spacial score (nSPS) is 10.1. The van der Waals surface area contributed by atoms with Gasteiger partial charge in [-0.1, -0.05) is 0 Å². The molecule has 0 radical (unpaired) electrons. The average molecular weight is 374 g/mol. The lowest BCUT2D eigenvalue weighted by molar-refractivity contribution is -0.385. The standard InChI is InChI=1S/C19H22N2O6/c1-3-25-15-4-6-16(7-5-15)26-11-10-20-19(22)13-27-17-8-9-18(21(23)24)14(2)12-17/h4-9,12H,3,10-11,13H2,1-2H3,(H,20,22). The van der Waals surface area contributed by atoms with Crippen molar-refractivity contribution in [3.8, 4) is 17.2 Å². The number of nitrogens with zero attached hydrogens (tertiary/aromatic N) is 1. The molecule has 0 saturated carbocycles. The van der Waals surface area contributed by atoms with Crippen LogP contribution in [0.2, 0.25) is 0 Å². The minimum Gasteiger partial charge on any atom is -0.494 e. The van der Waals surface area contributed by atoms with Crippen LogP contribution in [0.5, 0.6) is 17.2 Å². The fraction of sp³-hybridized carbons (Fsp3) is 0.316. The molecule has 27 heavy (non-hydrogen) atoms. The van der Waals surface area contributed by atoms with Crippen molar-refractivity contribution in [2.24, 2.45) is 0 Å². The fourth-order valence-corrected chi connectivity index (χ4v) is 2.28. The summed E-state index contributed by atoms with van der Waals surface area (Å²) in [5.74, 6) is 1.56. The number of ether oxygens (including phenoxy) is 3. The summed E-state index contributed by atoms with van der Waals surface area (Å²) in [4.78, 5) is 22.1. The maximum atomic E-state index is 11.8. The summed E-state index contributed by atoms with van der Waals surface area (Å²) in [7, 11) is 0. The highest BCUT2D eigenvalue weighted by Crippen LogP contribution is 2.23. The third kappa shape index (κ3) is 6.50. The van der Waals surface area contributed by atoms with Crippen molar-refractivity contribution in [2.45, 2.75) is 13.8 Å². The van der Waals surface area contributed by atoms with E-state index >= 15 is 0 Å². The molecule has 0 aliphatic carbocycles. The zero-order valence-electron chi connectivity index (χ0n) is 15.3. The molecule has 2 aromatic carbocycles. The molecule has 0 aliphatic heterocycles. The van der Waals surface area contributed by atoms with Crippen molar-refractivity contribution in [3.05, 3.63) is 58.1 Å². The Morgan fingerprint density at radius 3 is 2.26 bits per heavy atom. The second kappa shape index (κ2) is 10.0. The van der Waals surface area contributed by atoms with Crippen LogP contribution in [-0.2, 0) is 4.79 Å². The lowest BCUT2D eigenvalue weighted by Crippen LogP contribution is -2.32. The number of nitro groups is 1. The van der Waals surface area contributed by atoms with Gasteiger partial charge in [-0.25, -0.2) is 0 Å². The van der Waals surface area contributed by atoms with Crippen LogP contribution >= 0.6 is 0 Å².